The third-order valence-corrected chi connectivity index (χ3v) is 3.51. The van der Waals surface area contributed by atoms with Crippen molar-refractivity contribution in [3.8, 4) is 10.7 Å². The summed E-state index contributed by atoms with van der Waals surface area (Å²) in [6.45, 7) is 1.13. The zero-order valence-electron chi connectivity index (χ0n) is 9.38. The number of aromatic nitrogens is 4. The molecule has 3 aromatic rings. The Morgan fingerprint density at radius 1 is 1.39 bits per heavy atom. The first-order chi connectivity index (χ1) is 8.76. The monoisotopic (exact) mass is 263 g/mol. The first-order valence-corrected chi connectivity index (χ1v) is 6.24. The molecule has 0 atom stereocenters. The van der Waals surface area contributed by atoms with E-state index < -0.39 is 0 Å². The van der Waals surface area contributed by atoms with Gasteiger partial charge in [-0.2, -0.15) is 0 Å². The quantitative estimate of drug-likeness (QED) is 0.780. The molecule has 0 aliphatic rings. The molecule has 0 radical (unpaired) electrons. The molecule has 0 aliphatic heterocycles. The van der Waals surface area contributed by atoms with Gasteiger partial charge in [0.05, 0.1) is 23.0 Å². The Hall–Kier alpha value is -1.86. The molecule has 2 heterocycles. The van der Waals surface area contributed by atoms with Crippen molar-refractivity contribution in [2.45, 2.75) is 6.54 Å². The molecular weight excluding hydrogens is 253 g/mol. The minimum Gasteiger partial charge on any atom is -0.329 e. The highest BCUT2D eigenvalue weighted by Crippen LogP contribution is 2.29. The standard InChI is InChI=1S/C11H10FN5S/c12-7-1-2-8-10(5-7)18-11(14-8)9-6-17(4-3-13)16-15-9/h1-2,5-6H,3-4,13H2. The van der Waals surface area contributed by atoms with Crippen LogP contribution in [0.1, 0.15) is 0 Å². The van der Waals surface area contributed by atoms with Crippen molar-refractivity contribution in [1.82, 2.24) is 20.0 Å². The Bertz CT molecular complexity index is 690. The summed E-state index contributed by atoms with van der Waals surface area (Å²) in [6, 6.07) is 4.53. The average molecular weight is 263 g/mol. The number of benzene rings is 1. The van der Waals surface area contributed by atoms with Crippen molar-refractivity contribution in [3.05, 3.63) is 30.2 Å². The average Bonchev–Trinajstić information content (AvgIpc) is 2.94. The van der Waals surface area contributed by atoms with Crippen LogP contribution in [0.2, 0.25) is 0 Å². The number of rotatable bonds is 3. The molecule has 0 spiro atoms. The highest BCUT2D eigenvalue weighted by molar-refractivity contribution is 7.21. The van der Waals surface area contributed by atoms with Gasteiger partial charge in [-0.25, -0.2) is 9.37 Å². The van der Waals surface area contributed by atoms with E-state index in [1.807, 2.05) is 0 Å². The molecule has 5 nitrogen and oxygen atoms in total. The van der Waals surface area contributed by atoms with E-state index in [1.165, 1.54) is 23.5 Å². The van der Waals surface area contributed by atoms with Crippen LogP contribution in [0.15, 0.2) is 24.4 Å². The van der Waals surface area contributed by atoms with E-state index >= 15 is 0 Å². The molecule has 0 aliphatic carbocycles. The van der Waals surface area contributed by atoms with Crippen molar-refractivity contribution >= 4 is 21.6 Å². The van der Waals surface area contributed by atoms with Gasteiger partial charge in [0.15, 0.2) is 0 Å². The fourth-order valence-electron chi connectivity index (χ4n) is 1.65. The second kappa shape index (κ2) is 4.43. The van der Waals surface area contributed by atoms with E-state index in [0.29, 0.717) is 18.8 Å². The first kappa shape index (κ1) is 11.2. The van der Waals surface area contributed by atoms with Crippen molar-refractivity contribution in [1.29, 1.82) is 0 Å². The minimum atomic E-state index is -0.260. The van der Waals surface area contributed by atoms with Crippen LogP contribution < -0.4 is 5.73 Å². The topological polar surface area (TPSA) is 69.6 Å². The Morgan fingerprint density at radius 2 is 2.28 bits per heavy atom. The van der Waals surface area contributed by atoms with Crippen LogP contribution in [0.25, 0.3) is 20.9 Å². The van der Waals surface area contributed by atoms with Gasteiger partial charge in [0.25, 0.3) is 0 Å². The number of nitrogens with two attached hydrogens (primary N) is 1. The number of hydrogen-bond acceptors (Lipinski definition) is 5. The molecule has 1 aromatic carbocycles. The smallest absolute Gasteiger partial charge is 0.146 e. The van der Waals surface area contributed by atoms with Gasteiger partial charge in [-0.15, -0.1) is 16.4 Å². The number of halogens is 1. The maximum atomic E-state index is 13.1. The molecule has 0 unspecified atom stereocenters. The Balaban J connectivity index is 2.02. The predicted octanol–water partition coefficient (Wildman–Crippen LogP) is 1.65. The maximum absolute atomic E-state index is 13.1. The van der Waals surface area contributed by atoms with E-state index in [4.69, 9.17) is 5.73 Å². The fraction of sp³-hybridized carbons (Fsp3) is 0.182. The lowest BCUT2D eigenvalue weighted by Gasteiger charge is -1.92. The summed E-state index contributed by atoms with van der Waals surface area (Å²) >= 11 is 1.40. The van der Waals surface area contributed by atoms with E-state index in [0.717, 1.165) is 15.2 Å². The van der Waals surface area contributed by atoms with Gasteiger partial charge in [-0.05, 0) is 18.2 Å². The third kappa shape index (κ3) is 1.98. The van der Waals surface area contributed by atoms with Gasteiger partial charge >= 0.3 is 0 Å². The van der Waals surface area contributed by atoms with Crippen molar-refractivity contribution in [2.75, 3.05) is 6.54 Å². The summed E-state index contributed by atoms with van der Waals surface area (Å²) in [6.07, 6.45) is 1.79. The third-order valence-electron chi connectivity index (χ3n) is 2.47. The van der Waals surface area contributed by atoms with Gasteiger partial charge in [-0.3, -0.25) is 4.68 Å². The zero-order valence-corrected chi connectivity index (χ0v) is 10.2. The largest absolute Gasteiger partial charge is 0.329 e. The summed E-state index contributed by atoms with van der Waals surface area (Å²) in [5, 5.41) is 8.72. The maximum Gasteiger partial charge on any atom is 0.146 e. The van der Waals surface area contributed by atoms with Gasteiger partial charge in [0, 0.05) is 6.54 Å². The normalized spacial score (nSPS) is 11.2. The Morgan fingerprint density at radius 3 is 3.11 bits per heavy atom. The van der Waals surface area contributed by atoms with Gasteiger partial charge < -0.3 is 5.73 Å². The molecule has 2 N–H and O–H groups in total. The fourth-order valence-corrected chi connectivity index (χ4v) is 2.59. The van der Waals surface area contributed by atoms with Crippen LogP contribution >= 0.6 is 11.3 Å². The van der Waals surface area contributed by atoms with E-state index in [2.05, 4.69) is 15.3 Å². The number of hydrogen-bond donors (Lipinski definition) is 1. The SMILES string of the molecule is NCCn1cc(-c2nc3ccc(F)cc3s2)nn1. The van der Waals surface area contributed by atoms with Gasteiger partial charge in [-0.1, -0.05) is 5.21 Å². The summed E-state index contributed by atoms with van der Waals surface area (Å²) in [5.74, 6) is -0.260. The van der Waals surface area contributed by atoms with Gasteiger partial charge in [0.1, 0.15) is 16.5 Å². The summed E-state index contributed by atoms with van der Waals surface area (Å²) < 4.78 is 15.6. The van der Waals surface area contributed by atoms with Crippen LogP contribution in [0.5, 0.6) is 0 Å². The van der Waals surface area contributed by atoms with Crippen LogP contribution in [0.3, 0.4) is 0 Å². The zero-order chi connectivity index (χ0) is 12.5. The molecule has 0 fully saturated rings. The van der Waals surface area contributed by atoms with Crippen LogP contribution in [0, 0.1) is 5.82 Å². The van der Waals surface area contributed by atoms with Crippen molar-refractivity contribution in [2.24, 2.45) is 5.73 Å². The molecule has 7 heteroatoms. The highest BCUT2D eigenvalue weighted by atomic mass is 32.1. The summed E-state index contributed by atoms with van der Waals surface area (Å²) in [4.78, 5) is 4.40. The van der Waals surface area contributed by atoms with E-state index in [1.54, 1.807) is 16.9 Å². The minimum absolute atomic E-state index is 0.260. The Kier molecular flexibility index (Phi) is 2.77. The van der Waals surface area contributed by atoms with Gasteiger partial charge in [0.2, 0.25) is 0 Å². The molecule has 0 bridgehead atoms. The summed E-state index contributed by atoms with van der Waals surface area (Å²) in [5.41, 5.74) is 6.90. The first-order valence-electron chi connectivity index (χ1n) is 5.43. The lowest BCUT2D eigenvalue weighted by molar-refractivity contribution is 0.598. The molecule has 0 saturated carbocycles. The molecule has 3 rings (SSSR count). The van der Waals surface area contributed by atoms with Crippen LogP contribution in [-0.2, 0) is 6.54 Å². The lowest BCUT2D eigenvalue weighted by Crippen LogP contribution is -2.10. The van der Waals surface area contributed by atoms with Crippen molar-refractivity contribution in [3.63, 3.8) is 0 Å². The lowest BCUT2D eigenvalue weighted by atomic mass is 10.3. The van der Waals surface area contributed by atoms with Crippen LogP contribution in [0.4, 0.5) is 4.39 Å². The highest BCUT2D eigenvalue weighted by Gasteiger charge is 2.10. The molecule has 18 heavy (non-hydrogen) atoms. The number of fused-ring (bicyclic) bond motifs is 1. The van der Waals surface area contributed by atoms with Crippen molar-refractivity contribution < 1.29 is 4.39 Å². The predicted molar refractivity (Wildman–Crippen MR) is 67.6 cm³/mol. The van der Waals surface area contributed by atoms with Crippen LogP contribution in [-0.4, -0.2) is 26.5 Å². The Labute approximate surface area is 106 Å². The molecule has 2 aromatic heterocycles. The number of nitrogens with zero attached hydrogens (tertiary/aromatic N) is 4. The molecule has 92 valence electrons. The number of thiazole rings is 1. The summed E-state index contributed by atoms with van der Waals surface area (Å²) in [7, 11) is 0. The van der Waals surface area contributed by atoms with E-state index in [9.17, 15) is 4.39 Å². The molecule has 0 amide bonds. The second-order valence-corrected chi connectivity index (χ2v) is 4.82. The molecular formula is C11H10FN5S. The molecule has 0 saturated heterocycles. The second-order valence-electron chi connectivity index (χ2n) is 3.79. The van der Waals surface area contributed by atoms with E-state index in [-0.39, 0.29) is 5.82 Å².